The number of nitrogens with one attached hydrogen (secondary N) is 2. The highest BCUT2D eigenvalue weighted by Gasteiger charge is 2.06. The molecule has 0 aliphatic carbocycles. The number of anilines is 1. The summed E-state index contributed by atoms with van der Waals surface area (Å²) in [6, 6.07) is 6.52. The van der Waals surface area contributed by atoms with Crippen molar-refractivity contribution >= 4 is 32.9 Å². The van der Waals surface area contributed by atoms with E-state index in [-0.39, 0.29) is 0 Å². The molecule has 0 aromatic heterocycles. The number of hydrogen-bond acceptors (Lipinski definition) is 3. The molecule has 0 aliphatic heterocycles. The molecule has 4 nitrogen and oxygen atoms in total. The van der Waals surface area contributed by atoms with Crippen molar-refractivity contribution in [3.8, 4) is 0 Å². The number of hydrogen-bond donors (Lipinski definition) is 2. The summed E-state index contributed by atoms with van der Waals surface area (Å²) in [4.78, 5) is 0.304. The van der Waals surface area contributed by atoms with Crippen molar-refractivity contribution in [2.75, 3.05) is 18.1 Å². The van der Waals surface area contributed by atoms with Gasteiger partial charge in [0, 0.05) is 18.5 Å². The van der Waals surface area contributed by atoms with Gasteiger partial charge >= 0.3 is 0 Å². The van der Waals surface area contributed by atoms with Crippen molar-refractivity contribution in [2.45, 2.75) is 24.7 Å². The molecule has 1 aromatic rings. The maximum atomic E-state index is 11.3. The summed E-state index contributed by atoms with van der Waals surface area (Å²) in [5.41, 5.74) is 0.774. The fourth-order valence-electron chi connectivity index (χ4n) is 1.34. The normalized spacial score (nSPS) is 11.0. The molecule has 1 rings (SSSR count). The maximum absolute atomic E-state index is 11.3. The number of thiocarbonyl (C=S) groups is 1. The molecular weight excluding hydrogens is 268 g/mol. The Hall–Kier alpha value is -1.14. The van der Waals surface area contributed by atoms with Crippen LogP contribution in [0.15, 0.2) is 29.2 Å². The third-order valence-corrected chi connectivity index (χ3v) is 3.73. The number of rotatable bonds is 5. The van der Waals surface area contributed by atoms with Crippen molar-refractivity contribution < 1.29 is 8.42 Å². The van der Waals surface area contributed by atoms with Gasteiger partial charge in [0.1, 0.15) is 0 Å². The molecule has 0 aliphatic rings. The van der Waals surface area contributed by atoms with Gasteiger partial charge in [-0.25, -0.2) is 8.42 Å². The Balaban J connectivity index is 2.56. The lowest BCUT2D eigenvalue weighted by Gasteiger charge is -2.10. The third-order valence-electron chi connectivity index (χ3n) is 2.36. The molecule has 6 heteroatoms. The first-order valence-electron chi connectivity index (χ1n) is 5.78. The van der Waals surface area contributed by atoms with E-state index in [0.29, 0.717) is 10.0 Å². The van der Waals surface area contributed by atoms with Gasteiger partial charge in [-0.2, -0.15) is 0 Å². The lowest BCUT2D eigenvalue weighted by molar-refractivity contribution is 0.602. The molecule has 18 heavy (non-hydrogen) atoms. The average Bonchev–Trinajstić information content (AvgIpc) is 2.29. The molecule has 0 saturated heterocycles. The number of unbranched alkanes of at least 4 members (excludes halogenated alkanes) is 1. The van der Waals surface area contributed by atoms with E-state index in [1.54, 1.807) is 24.3 Å². The molecule has 0 unspecified atom stereocenters. The van der Waals surface area contributed by atoms with Crippen LogP contribution in [0.1, 0.15) is 19.8 Å². The Bertz CT molecular complexity index is 495. The largest absolute Gasteiger partial charge is 0.362 e. The molecule has 0 radical (unpaired) electrons. The van der Waals surface area contributed by atoms with E-state index in [4.69, 9.17) is 12.2 Å². The van der Waals surface area contributed by atoms with Crippen LogP contribution in [-0.2, 0) is 9.84 Å². The predicted octanol–water partition coefficient (Wildman–Crippen LogP) is 2.18. The maximum Gasteiger partial charge on any atom is 0.175 e. The summed E-state index contributed by atoms with van der Waals surface area (Å²) in [6.45, 7) is 2.95. The van der Waals surface area contributed by atoms with Gasteiger partial charge in [-0.15, -0.1) is 0 Å². The molecule has 0 heterocycles. The lowest BCUT2D eigenvalue weighted by Crippen LogP contribution is -2.29. The molecular formula is C12H18N2O2S2. The molecule has 0 spiro atoms. The Morgan fingerprint density at radius 1 is 1.28 bits per heavy atom. The zero-order chi connectivity index (χ0) is 13.6. The second kappa shape index (κ2) is 6.70. The van der Waals surface area contributed by atoms with E-state index in [9.17, 15) is 8.42 Å². The first kappa shape index (κ1) is 14.9. The van der Waals surface area contributed by atoms with E-state index >= 15 is 0 Å². The molecule has 0 amide bonds. The van der Waals surface area contributed by atoms with E-state index < -0.39 is 9.84 Å². The standard InChI is InChI=1S/C12H18N2O2S2/c1-3-4-9-13-12(17)14-10-5-7-11(8-6-10)18(2,15)16/h5-8H,3-4,9H2,1-2H3,(H2,13,14,17). The number of benzene rings is 1. The summed E-state index contributed by atoms with van der Waals surface area (Å²) in [7, 11) is -3.14. The van der Waals surface area contributed by atoms with Crippen LogP contribution in [0.25, 0.3) is 0 Å². The summed E-state index contributed by atoms with van der Waals surface area (Å²) in [5, 5.41) is 6.64. The van der Waals surface area contributed by atoms with Gasteiger partial charge in [-0.1, -0.05) is 13.3 Å². The van der Waals surface area contributed by atoms with Gasteiger partial charge < -0.3 is 10.6 Å². The van der Waals surface area contributed by atoms with Gasteiger partial charge in [-0.05, 0) is 42.9 Å². The first-order valence-corrected chi connectivity index (χ1v) is 8.08. The monoisotopic (exact) mass is 286 g/mol. The van der Waals surface area contributed by atoms with Gasteiger partial charge in [0.15, 0.2) is 14.9 Å². The topological polar surface area (TPSA) is 58.2 Å². The minimum absolute atomic E-state index is 0.304. The van der Waals surface area contributed by atoms with Gasteiger partial charge in [0.25, 0.3) is 0 Å². The second-order valence-corrected chi connectivity index (χ2v) is 6.45. The average molecular weight is 286 g/mol. The Morgan fingerprint density at radius 3 is 2.39 bits per heavy atom. The molecule has 0 fully saturated rings. The van der Waals surface area contributed by atoms with Crippen LogP contribution < -0.4 is 10.6 Å². The van der Waals surface area contributed by atoms with Crippen molar-refractivity contribution in [1.82, 2.24) is 5.32 Å². The predicted molar refractivity (Wildman–Crippen MR) is 78.7 cm³/mol. The van der Waals surface area contributed by atoms with E-state index in [1.807, 2.05) is 0 Å². The van der Waals surface area contributed by atoms with Crippen LogP contribution >= 0.6 is 12.2 Å². The van der Waals surface area contributed by atoms with E-state index in [2.05, 4.69) is 17.6 Å². The Morgan fingerprint density at radius 2 is 1.89 bits per heavy atom. The SMILES string of the molecule is CCCCNC(=S)Nc1ccc(S(C)(=O)=O)cc1. The molecule has 2 N–H and O–H groups in total. The van der Waals surface area contributed by atoms with E-state index in [1.165, 1.54) is 6.26 Å². The highest BCUT2D eigenvalue weighted by molar-refractivity contribution is 7.90. The summed E-state index contributed by atoms with van der Waals surface area (Å²) in [6.07, 6.45) is 3.36. The van der Waals surface area contributed by atoms with Crippen LogP contribution in [0.3, 0.4) is 0 Å². The molecule has 0 saturated carbocycles. The lowest BCUT2D eigenvalue weighted by atomic mass is 10.3. The fraction of sp³-hybridized carbons (Fsp3) is 0.417. The molecule has 0 atom stereocenters. The zero-order valence-corrected chi connectivity index (χ0v) is 12.2. The Labute approximate surface area is 114 Å². The minimum atomic E-state index is -3.14. The minimum Gasteiger partial charge on any atom is -0.362 e. The quantitative estimate of drug-likeness (QED) is 0.642. The van der Waals surface area contributed by atoms with Gasteiger partial charge in [0.05, 0.1) is 4.90 Å². The van der Waals surface area contributed by atoms with Crippen molar-refractivity contribution in [3.63, 3.8) is 0 Å². The van der Waals surface area contributed by atoms with E-state index in [0.717, 1.165) is 25.1 Å². The second-order valence-electron chi connectivity index (χ2n) is 4.03. The van der Waals surface area contributed by atoms with Crippen molar-refractivity contribution in [1.29, 1.82) is 0 Å². The van der Waals surface area contributed by atoms with Gasteiger partial charge in [0.2, 0.25) is 0 Å². The van der Waals surface area contributed by atoms with Crippen LogP contribution in [-0.4, -0.2) is 26.3 Å². The third kappa shape index (κ3) is 5.01. The van der Waals surface area contributed by atoms with Crippen LogP contribution in [0.5, 0.6) is 0 Å². The highest BCUT2D eigenvalue weighted by atomic mass is 32.2. The zero-order valence-electron chi connectivity index (χ0n) is 10.6. The van der Waals surface area contributed by atoms with Crippen molar-refractivity contribution in [2.24, 2.45) is 0 Å². The van der Waals surface area contributed by atoms with Crippen LogP contribution in [0, 0.1) is 0 Å². The summed E-state index contributed by atoms with van der Waals surface area (Å²) >= 11 is 5.12. The summed E-state index contributed by atoms with van der Waals surface area (Å²) in [5.74, 6) is 0. The fourth-order valence-corrected chi connectivity index (χ4v) is 2.19. The first-order chi connectivity index (χ1) is 8.43. The van der Waals surface area contributed by atoms with Gasteiger partial charge in [-0.3, -0.25) is 0 Å². The van der Waals surface area contributed by atoms with Crippen LogP contribution in [0.4, 0.5) is 5.69 Å². The van der Waals surface area contributed by atoms with Crippen molar-refractivity contribution in [3.05, 3.63) is 24.3 Å². The number of sulfone groups is 1. The molecule has 0 bridgehead atoms. The summed E-state index contributed by atoms with van der Waals surface area (Å²) < 4.78 is 22.6. The van der Waals surface area contributed by atoms with Crippen LogP contribution in [0.2, 0.25) is 0 Å². The molecule has 100 valence electrons. The smallest absolute Gasteiger partial charge is 0.175 e. The Kier molecular flexibility index (Phi) is 5.55. The highest BCUT2D eigenvalue weighted by Crippen LogP contribution is 2.13. The molecule has 1 aromatic carbocycles.